The molecule has 2 rings (SSSR count). The second-order valence-corrected chi connectivity index (χ2v) is 4.85. The van der Waals surface area contributed by atoms with Crippen LogP contribution in [0.3, 0.4) is 0 Å². The lowest BCUT2D eigenvalue weighted by Crippen LogP contribution is -2.45. The summed E-state index contributed by atoms with van der Waals surface area (Å²) < 4.78 is 7.99. The third-order valence-corrected chi connectivity index (χ3v) is 3.09. The lowest BCUT2D eigenvalue weighted by atomic mass is 10.2. The van der Waals surface area contributed by atoms with Gasteiger partial charge in [-0.25, -0.2) is 4.79 Å². The van der Waals surface area contributed by atoms with Crippen molar-refractivity contribution >= 4 is 18.0 Å². The number of Topliss-reactive ketones (excluding diaryl/α,β-unsaturated/α-hetero) is 1. The summed E-state index contributed by atoms with van der Waals surface area (Å²) in [5.41, 5.74) is 1.07. The first-order valence-electron chi connectivity index (χ1n) is 6.88. The summed E-state index contributed by atoms with van der Waals surface area (Å²) in [6.45, 7) is 0.304. The number of ketones is 1. The monoisotopic (exact) mass is 315 g/mol. The van der Waals surface area contributed by atoms with Crippen molar-refractivity contribution in [3.8, 4) is 0 Å². The van der Waals surface area contributed by atoms with Gasteiger partial charge in [-0.1, -0.05) is 5.16 Å². The summed E-state index contributed by atoms with van der Waals surface area (Å²) >= 11 is 0. The minimum absolute atomic E-state index is 0.0416. The van der Waals surface area contributed by atoms with E-state index in [1.165, 1.54) is 13.3 Å². The fraction of sp³-hybridized carbons (Fsp3) is 0.188. The van der Waals surface area contributed by atoms with Gasteiger partial charge in [0.05, 0.1) is 18.9 Å². The van der Waals surface area contributed by atoms with Crippen LogP contribution in [0.1, 0.15) is 15.9 Å². The number of methoxy groups -OCH3 is 1. The van der Waals surface area contributed by atoms with E-state index in [1.807, 2.05) is 0 Å². The molecular weight excluding hydrogens is 298 g/mol. The molecule has 0 amide bonds. The maximum atomic E-state index is 12.2. The average Bonchev–Trinajstić information content (AvgIpc) is 2.55. The zero-order valence-corrected chi connectivity index (χ0v) is 12.6. The van der Waals surface area contributed by atoms with E-state index in [0.717, 1.165) is 0 Å². The van der Waals surface area contributed by atoms with Crippen molar-refractivity contribution in [2.24, 2.45) is 5.16 Å². The highest BCUT2D eigenvalue weighted by Gasteiger charge is 2.17. The molecular formula is C16H17N3O4+2. The second-order valence-electron chi connectivity index (χ2n) is 4.85. The molecule has 2 heterocycles. The van der Waals surface area contributed by atoms with E-state index in [9.17, 15) is 9.59 Å². The van der Waals surface area contributed by atoms with Gasteiger partial charge >= 0.3 is 5.97 Å². The largest absolute Gasteiger partial charge is 0.465 e. The summed E-state index contributed by atoms with van der Waals surface area (Å²) in [5, 5.41) is 11.5. The van der Waals surface area contributed by atoms with Crippen molar-refractivity contribution in [2.75, 3.05) is 7.11 Å². The maximum absolute atomic E-state index is 12.2. The van der Waals surface area contributed by atoms with Gasteiger partial charge in [-0.2, -0.15) is 9.13 Å². The maximum Gasteiger partial charge on any atom is 0.343 e. The number of pyridine rings is 2. The van der Waals surface area contributed by atoms with Gasteiger partial charge in [0.15, 0.2) is 24.8 Å². The predicted molar refractivity (Wildman–Crippen MR) is 79.0 cm³/mol. The number of hydrogen-bond acceptors (Lipinski definition) is 5. The van der Waals surface area contributed by atoms with Crippen molar-refractivity contribution < 1.29 is 28.7 Å². The lowest BCUT2D eigenvalue weighted by molar-refractivity contribution is -0.702. The van der Waals surface area contributed by atoms with Gasteiger partial charge in [0, 0.05) is 12.1 Å². The Morgan fingerprint density at radius 1 is 1.17 bits per heavy atom. The molecule has 118 valence electrons. The molecule has 0 fully saturated rings. The highest BCUT2D eigenvalue weighted by molar-refractivity contribution is 5.88. The van der Waals surface area contributed by atoms with Crippen molar-refractivity contribution in [1.29, 1.82) is 0 Å². The Bertz CT molecular complexity index is 744. The molecule has 0 radical (unpaired) electrons. The van der Waals surface area contributed by atoms with Crippen LogP contribution < -0.4 is 9.13 Å². The zero-order valence-electron chi connectivity index (χ0n) is 12.6. The van der Waals surface area contributed by atoms with Gasteiger partial charge in [-0.15, -0.1) is 0 Å². The smallest absolute Gasteiger partial charge is 0.343 e. The van der Waals surface area contributed by atoms with Crippen LogP contribution in [-0.2, 0) is 22.6 Å². The first kappa shape index (κ1) is 16.3. The predicted octanol–water partition coefficient (Wildman–Crippen LogP) is 0.126. The molecule has 0 atom stereocenters. The first-order valence-corrected chi connectivity index (χ1v) is 6.88. The second kappa shape index (κ2) is 7.79. The molecule has 0 spiro atoms. The van der Waals surface area contributed by atoms with Crippen LogP contribution in [-0.4, -0.2) is 30.3 Å². The van der Waals surface area contributed by atoms with Crippen LogP contribution in [0.15, 0.2) is 54.2 Å². The highest BCUT2D eigenvalue weighted by atomic mass is 16.5. The normalized spacial score (nSPS) is 10.7. The fourth-order valence-corrected chi connectivity index (χ4v) is 2.10. The van der Waals surface area contributed by atoms with E-state index in [2.05, 4.69) is 9.89 Å². The van der Waals surface area contributed by atoms with E-state index in [-0.39, 0.29) is 18.9 Å². The Morgan fingerprint density at radius 3 is 2.48 bits per heavy atom. The van der Waals surface area contributed by atoms with E-state index >= 15 is 0 Å². The number of esters is 1. The number of carbonyl (C=O) groups is 2. The molecule has 7 heteroatoms. The van der Waals surface area contributed by atoms with Gasteiger partial charge in [-0.05, 0) is 12.1 Å². The Balaban J connectivity index is 2.05. The molecule has 0 bridgehead atoms. The zero-order chi connectivity index (χ0) is 16.7. The van der Waals surface area contributed by atoms with Crippen LogP contribution in [0.2, 0.25) is 0 Å². The Kier molecular flexibility index (Phi) is 5.51. The minimum Gasteiger partial charge on any atom is -0.465 e. The molecule has 0 saturated heterocycles. The molecule has 23 heavy (non-hydrogen) atoms. The molecule has 2 aromatic heterocycles. The van der Waals surface area contributed by atoms with Gasteiger partial charge in [-0.3, -0.25) is 4.79 Å². The van der Waals surface area contributed by atoms with E-state index in [4.69, 9.17) is 5.21 Å². The Hall–Kier alpha value is -3.09. The topological polar surface area (TPSA) is 83.7 Å². The SMILES string of the molecule is COC(=O)c1ccc[n+](CC(=O)C[n+]2cccc(/C=N\O)c2)c1. The van der Waals surface area contributed by atoms with Crippen molar-refractivity contribution in [1.82, 2.24) is 0 Å². The Labute approximate surface area is 133 Å². The number of oxime groups is 1. The van der Waals surface area contributed by atoms with Gasteiger partial charge in [0.25, 0.3) is 5.78 Å². The van der Waals surface area contributed by atoms with Crippen molar-refractivity contribution in [3.63, 3.8) is 0 Å². The molecule has 1 N–H and O–H groups in total. The van der Waals surface area contributed by atoms with Crippen LogP contribution in [0, 0.1) is 0 Å². The summed E-state index contributed by atoms with van der Waals surface area (Å²) in [4.78, 5) is 23.6. The quantitative estimate of drug-likeness (QED) is 0.270. The molecule has 0 aromatic carbocycles. The molecule has 7 nitrogen and oxygen atoms in total. The number of hydrogen-bond donors (Lipinski definition) is 1. The van der Waals surface area contributed by atoms with Crippen LogP contribution in [0.4, 0.5) is 0 Å². The minimum atomic E-state index is -0.447. The van der Waals surface area contributed by atoms with Crippen LogP contribution in [0.25, 0.3) is 0 Å². The number of carbonyl (C=O) groups excluding carboxylic acids is 2. The average molecular weight is 315 g/mol. The summed E-state index contributed by atoms with van der Waals surface area (Å²) in [6, 6.07) is 6.83. The molecule has 0 aliphatic carbocycles. The molecule has 0 saturated carbocycles. The van der Waals surface area contributed by atoms with E-state index in [0.29, 0.717) is 11.1 Å². The molecule has 0 aliphatic heterocycles. The number of ether oxygens (including phenoxy) is 1. The number of rotatable bonds is 6. The van der Waals surface area contributed by atoms with Gasteiger partial charge in [0.2, 0.25) is 13.1 Å². The number of nitrogens with zero attached hydrogens (tertiary/aromatic N) is 3. The third-order valence-electron chi connectivity index (χ3n) is 3.09. The Morgan fingerprint density at radius 2 is 1.83 bits per heavy atom. The molecule has 0 unspecified atom stereocenters. The lowest BCUT2D eigenvalue weighted by Gasteiger charge is -1.99. The van der Waals surface area contributed by atoms with Gasteiger partial charge in [0.1, 0.15) is 5.56 Å². The van der Waals surface area contributed by atoms with Crippen LogP contribution >= 0.6 is 0 Å². The first-order chi connectivity index (χ1) is 11.1. The summed E-state index contributed by atoms with van der Waals surface area (Å²) in [6.07, 6.45) is 8.03. The van der Waals surface area contributed by atoms with E-state index < -0.39 is 5.97 Å². The van der Waals surface area contributed by atoms with Crippen molar-refractivity contribution in [3.05, 3.63) is 60.2 Å². The molecule has 0 aliphatic rings. The third kappa shape index (κ3) is 4.70. The highest BCUT2D eigenvalue weighted by Crippen LogP contribution is 1.96. The van der Waals surface area contributed by atoms with Crippen LogP contribution in [0.5, 0.6) is 0 Å². The fourth-order valence-electron chi connectivity index (χ4n) is 2.10. The van der Waals surface area contributed by atoms with Crippen molar-refractivity contribution in [2.45, 2.75) is 13.1 Å². The van der Waals surface area contributed by atoms with E-state index in [1.54, 1.807) is 58.2 Å². The number of aromatic nitrogens is 2. The van der Waals surface area contributed by atoms with Gasteiger partial charge < -0.3 is 9.94 Å². The summed E-state index contributed by atoms with van der Waals surface area (Å²) in [7, 11) is 1.31. The molecule has 2 aromatic rings. The summed E-state index contributed by atoms with van der Waals surface area (Å²) in [5.74, 6) is -0.489. The standard InChI is InChI=1S/C16H16N3O4/c1-23-16(21)14-5-3-7-19(10-14)12-15(20)11-18-6-2-4-13(9-18)8-17-22/h2-10H,11-12H2,1H3/q+1/p+1/b17-8-.